The molecule has 3 N–H and O–H groups in total. The van der Waals surface area contributed by atoms with E-state index in [1.165, 1.54) is 12.4 Å². The van der Waals surface area contributed by atoms with E-state index >= 15 is 0 Å². The molecule has 0 amide bonds. The number of aliphatic hydroxyl groups is 1. The van der Waals surface area contributed by atoms with Crippen molar-refractivity contribution in [2.24, 2.45) is 5.73 Å². The van der Waals surface area contributed by atoms with E-state index in [-0.39, 0.29) is 35.3 Å². The number of esters is 1. The standard InChI is InChI=1S/C17H16N2O6/c1-2-23-17(22)13-12(9-3-5-19-6-4-9)15-14(25-16(13)18)11(21)7-10(8-20)24-15/h3-7,12,20H,2,8,18H2,1H3. The van der Waals surface area contributed by atoms with Crippen molar-refractivity contribution in [3.8, 4) is 5.75 Å². The zero-order valence-corrected chi connectivity index (χ0v) is 13.4. The number of ether oxygens (including phenoxy) is 2. The zero-order chi connectivity index (χ0) is 18.0. The van der Waals surface area contributed by atoms with Gasteiger partial charge in [-0.25, -0.2) is 4.79 Å². The molecule has 1 unspecified atom stereocenters. The van der Waals surface area contributed by atoms with Crippen LogP contribution in [0.4, 0.5) is 0 Å². The highest BCUT2D eigenvalue weighted by Gasteiger charge is 2.39. The van der Waals surface area contributed by atoms with Crippen molar-refractivity contribution in [3.05, 3.63) is 69.4 Å². The summed E-state index contributed by atoms with van der Waals surface area (Å²) in [7, 11) is 0. The van der Waals surface area contributed by atoms with Gasteiger partial charge in [-0.05, 0) is 24.6 Å². The van der Waals surface area contributed by atoms with Crippen molar-refractivity contribution in [1.82, 2.24) is 4.98 Å². The zero-order valence-electron chi connectivity index (χ0n) is 13.4. The first-order valence-electron chi connectivity index (χ1n) is 7.59. The molecule has 2 aromatic heterocycles. The van der Waals surface area contributed by atoms with E-state index in [2.05, 4.69) is 4.98 Å². The number of hydrogen-bond donors (Lipinski definition) is 2. The van der Waals surface area contributed by atoms with Crippen molar-refractivity contribution in [2.45, 2.75) is 19.4 Å². The maximum atomic E-state index is 12.4. The Morgan fingerprint density at radius 1 is 1.40 bits per heavy atom. The smallest absolute Gasteiger partial charge is 0.340 e. The first kappa shape index (κ1) is 16.7. The summed E-state index contributed by atoms with van der Waals surface area (Å²) in [5.41, 5.74) is 6.04. The van der Waals surface area contributed by atoms with Gasteiger partial charge in [-0.15, -0.1) is 0 Å². The van der Waals surface area contributed by atoms with Gasteiger partial charge in [0.05, 0.1) is 12.5 Å². The fraction of sp³-hybridized carbons (Fsp3) is 0.235. The lowest BCUT2D eigenvalue weighted by Crippen LogP contribution is -2.30. The summed E-state index contributed by atoms with van der Waals surface area (Å²) in [6.45, 7) is 1.34. The van der Waals surface area contributed by atoms with Crippen molar-refractivity contribution in [2.75, 3.05) is 6.61 Å². The lowest BCUT2D eigenvalue weighted by Gasteiger charge is -2.26. The normalized spacial score (nSPS) is 16.2. The third-order valence-electron chi connectivity index (χ3n) is 3.70. The predicted octanol–water partition coefficient (Wildman–Crippen LogP) is 0.785. The summed E-state index contributed by atoms with van der Waals surface area (Å²) in [5.74, 6) is -1.70. The minimum Gasteiger partial charge on any atom is -0.462 e. The van der Waals surface area contributed by atoms with Crippen molar-refractivity contribution in [3.63, 3.8) is 0 Å². The monoisotopic (exact) mass is 344 g/mol. The number of hydrogen-bond acceptors (Lipinski definition) is 8. The Labute approximate surface area is 142 Å². The van der Waals surface area contributed by atoms with Crippen LogP contribution >= 0.6 is 0 Å². The van der Waals surface area contributed by atoms with Crippen LogP contribution in [0.5, 0.6) is 5.75 Å². The number of pyridine rings is 1. The van der Waals surface area contributed by atoms with Gasteiger partial charge in [0, 0.05) is 18.5 Å². The Morgan fingerprint density at radius 2 is 2.12 bits per heavy atom. The minimum atomic E-state index is -0.815. The summed E-state index contributed by atoms with van der Waals surface area (Å²) < 4.78 is 16.0. The van der Waals surface area contributed by atoms with Gasteiger partial charge in [0.15, 0.2) is 5.76 Å². The molecule has 25 heavy (non-hydrogen) atoms. The molecule has 0 bridgehead atoms. The number of nitrogens with zero attached hydrogens (tertiary/aromatic N) is 1. The molecule has 2 aromatic rings. The fourth-order valence-corrected chi connectivity index (χ4v) is 2.66. The second kappa shape index (κ2) is 6.78. The molecule has 0 fully saturated rings. The molecule has 0 aromatic carbocycles. The Bertz CT molecular complexity index is 888. The Balaban J connectivity index is 2.26. The van der Waals surface area contributed by atoms with E-state index in [0.717, 1.165) is 6.07 Å². The number of aromatic nitrogens is 1. The summed E-state index contributed by atoms with van der Waals surface area (Å²) in [4.78, 5) is 28.6. The molecule has 1 atom stereocenters. The highest BCUT2D eigenvalue weighted by atomic mass is 16.5. The van der Waals surface area contributed by atoms with Crippen LogP contribution in [-0.4, -0.2) is 22.7 Å². The van der Waals surface area contributed by atoms with Gasteiger partial charge < -0.3 is 24.7 Å². The molecule has 3 heterocycles. The third kappa shape index (κ3) is 2.99. The number of carbonyl (C=O) groups excluding carboxylic acids is 1. The Morgan fingerprint density at radius 3 is 2.76 bits per heavy atom. The second-order valence-electron chi connectivity index (χ2n) is 5.24. The third-order valence-corrected chi connectivity index (χ3v) is 3.70. The summed E-state index contributed by atoms with van der Waals surface area (Å²) in [6, 6.07) is 4.45. The van der Waals surface area contributed by atoms with Gasteiger partial charge >= 0.3 is 5.97 Å². The van der Waals surface area contributed by atoms with E-state index in [9.17, 15) is 14.7 Å². The van der Waals surface area contributed by atoms with E-state index in [1.54, 1.807) is 19.1 Å². The van der Waals surface area contributed by atoms with Gasteiger partial charge in [0.2, 0.25) is 17.1 Å². The van der Waals surface area contributed by atoms with Crippen molar-refractivity contribution >= 4 is 5.97 Å². The molecule has 0 spiro atoms. The maximum absolute atomic E-state index is 12.4. The first-order valence-corrected chi connectivity index (χ1v) is 7.59. The molecular weight excluding hydrogens is 328 g/mol. The molecule has 130 valence electrons. The lowest BCUT2D eigenvalue weighted by atomic mass is 9.87. The van der Waals surface area contributed by atoms with Crippen molar-refractivity contribution < 1.29 is 23.8 Å². The Kier molecular flexibility index (Phi) is 4.53. The van der Waals surface area contributed by atoms with Gasteiger partial charge in [-0.3, -0.25) is 9.78 Å². The summed E-state index contributed by atoms with van der Waals surface area (Å²) in [6.07, 6.45) is 3.08. The highest BCUT2D eigenvalue weighted by Crippen LogP contribution is 2.41. The average molecular weight is 344 g/mol. The largest absolute Gasteiger partial charge is 0.462 e. The fourth-order valence-electron chi connectivity index (χ4n) is 2.66. The van der Waals surface area contributed by atoms with Crippen LogP contribution in [0.3, 0.4) is 0 Å². The average Bonchev–Trinajstić information content (AvgIpc) is 2.62. The van der Waals surface area contributed by atoms with Crippen molar-refractivity contribution in [1.29, 1.82) is 0 Å². The second-order valence-corrected chi connectivity index (χ2v) is 5.24. The molecule has 3 rings (SSSR count). The van der Waals surface area contributed by atoms with Crippen LogP contribution in [0.2, 0.25) is 0 Å². The van der Waals surface area contributed by atoms with Gasteiger partial charge in [0.25, 0.3) is 0 Å². The van der Waals surface area contributed by atoms with Gasteiger partial charge in [-0.1, -0.05) is 0 Å². The number of aliphatic hydroxyl groups excluding tert-OH is 1. The van der Waals surface area contributed by atoms with E-state index in [4.69, 9.17) is 19.6 Å². The summed E-state index contributed by atoms with van der Waals surface area (Å²) in [5, 5.41) is 9.32. The predicted molar refractivity (Wildman–Crippen MR) is 85.5 cm³/mol. The van der Waals surface area contributed by atoms with Crippen LogP contribution in [0.15, 0.2) is 51.3 Å². The molecular formula is C17H16N2O6. The van der Waals surface area contributed by atoms with E-state index < -0.39 is 23.9 Å². The van der Waals surface area contributed by atoms with Crippen LogP contribution in [0.1, 0.15) is 29.9 Å². The van der Waals surface area contributed by atoms with Crippen LogP contribution in [0, 0.1) is 0 Å². The lowest BCUT2D eigenvalue weighted by molar-refractivity contribution is -0.139. The van der Waals surface area contributed by atoms with Crippen LogP contribution < -0.4 is 15.9 Å². The van der Waals surface area contributed by atoms with Crippen LogP contribution in [-0.2, 0) is 16.1 Å². The minimum absolute atomic E-state index is 0.0267. The van der Waals surface area contributed by atoms with E-state index in [0.29, 0.717) is 5.56 Å². The number of fused-ring (bicyclic) bond motifs is 1. The topological polar surface area (TPSA) is 125 Å². The SMILES string of the molecule is CCOC(=O)C1=C(N)Oc2c(oc(CO)cc2=O)C1c1ccncc1. The molecule has 0 aliphatic carbocycles. The molecule has 0 radical (unpaired) electrons. The quantitative estimate of drug-likeness (QED) is 0.780. The maximum Gasteiger partial charge on any atom is 0.340 e. The number of nitrogens with two attached hydrogens (primary N) is 1. The molecule has 0 saturated carbocycles. The number of carbonyl (C=O) groups is 1. The van der Waals surface area contributed by atoms with Gasteiger partial charge in [0.1, 0.15) is 17.9 Å². The highest BCUT2D eigenvalue weighted by molar-refractivity contribution is 5.92. The Hall–Kier alpha value is -3.13. The summed E-state index contributed by atoms with van der Waals surface area (Å²) >= 11 is 0. The molecule has 1 aliphatic rings. The van der Waals surface area contributed by atoms with Crippen LogP contribution in [0.25, 0.3) is 0 Å². The number of rotatable bonds is 4. The molecule has 8 nitrogen and oxygen atoms in total. The first-order chi connectivity index (χ1) is 12.1. The molecule has 8 heteroatoms. The van der Waals surface area contributed by atoms with Gasteiger partial charge in [-0.2, -0.15) is 0 Å². The molecule has 0 saturated heterocycles. The molecule has 1 aliphatic heterocycles. The van der Waals surface area contributed by atoms with E-state index in [1.807, 2.05) is 0 Å².